The maximum atomic E-state index is 12.5. The molecule has 0 unspecified atom stereocenters. The van der Waals surface area contributed by atoms with Crippen LogP contribution in [0.25, 0.3) is 0 Å². The topological polar surface area (TPSA) is 57.1 Å². The van der Waals surface area contributed by atoms with Crippen molar-refractivity contribution in [1.82, 2.24) is 0 Å². The lowest BCUT2D eigenvalue weighted by atomic mass is 9.74. The average molecular weight is 329 g/mol. The van der Waals surface area contributed by atoms with E-state index in [1.165, 1.54) is 0 Å². The van der Waals surface area contributed by atoms with Crippen LogP contribution in [0.15, 0.2) is 23.4 Å². The number of nitrogens with zero attached hydrogens (tertiary/aromatic N) is 1. The number of Topliss-reactive ketones (excluding diaryl/α,β-unsaturated/α-hetero) is 1. The Morgan fingerprint density at radius 1 is 1.00 bits per heavy atom. The first-order chi connectivity index (χ1) is 11.0. The third kappa shape index (κ3) is 2.49. The van der Waals surface area contributed by atoms with E-state index in [4.69, 9.17) is 14.1 Å². The van der Waals surface area contributed by atoms with E-state index in [1.54, 1.807) is 13.8 Å². The van der Waals surface area contributed by atoms with E-state index >= 15 is 0 Å². The van der Waals surface area contributed by atoms with Gasteiger partial charge in [-0.05, 0) is 59.5 Å². The van der Waals surface area contributed by atoms with Gasteiger partial charge in [-0.1, -0.05) is 23.4 Å². The zero-order valence-corrected chi connectivity index (χ0v) is 15.4. The number of carbonyl (C=O) groups is 1. The molecule has 0 saturated carbocycles. The molecule has 24 heavy (non-hydrogen) atoms. The van der Waals surface area contributed by atoms with Crippen molar-refractivity contribution >= 4 is 24.1 Å². The van der Waals surface area contributed by atoms with Gasteiger partial charge in [-0.15, -0.1) is 0 Å². The molecule has 1 aromatic carbocycles. The number of carbonyl (C=O) groups excluding carboxylic acids is 1. The molecule has 0 aliphatic carbocycles. The van der Waals surface area contributed by atoms with Crippen molar-refractivity contribution in [1.29, 1.82) is 0 Å². The number of ketones is 1. The van der Waals surface area contributed by atoms with Crippen LogP contribution in [0.1, 0.15) is 52.7 Å². The highest BCUT2D eigenvalue weighted by molar-refractivity contribution is 6.63. The largest absolute Gasteiger partial charge is 0.495 e. The predicted molar refractivity (Wildman–Crippen MR) is 93.6 cm³/mol. The summed E-state index contributed by atoms with van der Waals surface area (Å²) in [6, 6.07) is 5.74. The van der Waals surface area contributed by atoms with Crippen LogP contribution in [0.3, 0.4) is 0 Å². The molecular weight excluding hydrogens is 305 g/mol. The van der Waals surface area contributed by atoms with Gasteiger partial charge in [0.15, 0.2) is 11.3 Å². The summed E-state index contributed by atoms with van der Waals surface area (Å²) in [4.78, 5) is 17.8. The summed E-state index contributed by atoms with van der Waals surface area (Å²) in [5.41, 5.74) is 1.21. The summed E-state index contributed by atoms with van der Waals surface area (Å²) in [5.74, 6) is -0.114. The van der Waals surface area contributed by atoms with Gasteiger partial charge in [0.25, 0.3) is 0 Å². The van der Waals surface area contributed by atoms with Gasteiger partial charge in [0.05, 0.1) is 11.2 Å². The highest BCUT2D eigenvalue weighted by atomic mass is 16.7. The van der Waals surface area contributed by atoms with E-state index in [0.717, 1.165) is 16.6 Å². The summed E-state index contributed by atoms with van der Waals surface area (Å²) in [6.45, 7) is 13.5. The maximum Gasteiger partial charge on any atom is 0.495 e. The normalized spacial score (nSPS) is 24.0. The molecule has 2 aliphatic heterocycles. The van der Waals surface area contributed by atoms with Gasteiger partial charge < -0.3 is 14.1 Å². The van der Waals surface area contributed by atoms with Crippen molar-refractivity contribution in [3.8, 4) is 0 Å². The zero-order chi connectivity index (χ0) is 17.9. The number of benzene rings is 1. The summed E-state index contributed by atoms with van der Waals surface area (Å²) < 4.78 is 12.3. The molecule has 128 valence electrons. The smallest absolute Gasteiger partial charge is 0.399 e. The molecule has 0 radical (unpaired) electrons. The van der Waals surface area contributed by atoms with Crippen LogP contribution < -0.4 is 5.46 Å². The lowest BCUT2D eigenvalue weighted by molar-refractivity contribution is -0.128. The van der Waals surface area contributed by atoms with Gasteiger partial charge in [-0.25, -0.2) is 0 Å². The second-order valence-electron chi connectivity index (χ2n) is 7.98. The summed E-state index contributed by atoms with van der Waals surface area (Å²) >= 11 is 0. The zero-order valence-electron chi connectivity index (χ0n) is 15.4. The first kappa shape index (κ1) is 17.2. The molecule has 0 amide bonds. The van der Waals surface area contributed by atoms with Gasteiger partial charge in [0.2, 0.25) is 5.78 Å². The number of oxime groups is 1. The fourth-order valence-electron chi connectivity index (χ4n) is 2.83. The van der Waals surface area contributed by atoms with Gasteiger partial charge >= 0.3 is 7.12 Å². The molecule has 3 rings (SSSR count). The number of hydrogen-bond acceptors (Lipinski definition) is 5. The molecule has 1 saturated heterocycles. The lowest BCUT2D eigenvalue weighted by Gasteiger charge is -2.32. The lowest BCUT2D eigenvalue weighted by Crippen LogP contribution is -2.41. The fourth-order valence-corrected chi connectivity index (χ4v) is 2.83. The van der Waals surface area contributed by atoms with Crippen LogP contribution in [-0.2, 0) is 18.9 Å². The molecule has 0 atom stereocenters. The Morgan fingerprint density at radius 3 is 2.08 bits per heavy atom. The predicted octanol–water partition coefficient (Wildman–Crippen LogP) is 2.38. The van der Waals surface area contributed by atoms with Crippen LogP contribution >= 0.6 is 0 Å². The van der Waals surface area contributed by atoms with E-state index in [2.05, 4.69) is 5.16 Å². The average Bonchev–Trinajstić information content (AvgIpc) is 2.84. The minimum atomic E-state index is -0.915. The van der Waals surface area contributed by atoms with Crippen molar-refractivity contribution in [2.45, 2.75) is 65.3 Å². The van der Waals surface area contributed by atoms with Crippen LogP contribution in [0.2, 0.25) is 0 Å². The van der Waals surface area contributed by atoms with E-state index in [9.17, 15) is 4.79 Å². The number of hydrogen-bond donors (Lipinski definition) is 0. The Labute approximate surface area is 143 Å². The highest BCUT2D eigenvalue weighted by Gasteiger charge is 2.52. The fraction of sp³-hybridized carbons (Fsp3) is 0.556. The minimum absolute atomic E-state index is 0.114. The van der Waals surface area contributed by atoms with Gasteiger partial charge in [0.1, 0.15) is 0 Å². The van der Waals surface area contributed by atoms with Crippen LogP contribution in [0, 0.1) is 6.92 Å². The first-order valence-corrected chi connectivity index (χ1v) is 8.23. The second-order valence-corrected chi connectivity index (χ2v) is 7.98. The van der Waals surface area contributed by atoms with Crippen LogP contribution in [0.4, 0.5) is 0 Å². The van der Waals surface area contributed by atoms with Gasteiger partial charge in [-0.2, -0.15) is 0 Å². The molecule has 2 aliphatic rings. The SMILES string of the molecule is Cc1c(B2OC(C)(C)C(C)(C)O2)cccc1C1=NOC(C)(C)C1=O. The van der Waals surface area contributed by atoms with Crippen LogP contribution in [-0.4, -0.2) is 35.4 Å². The molecule has 0 spiro atoms. The third-order valence-electron chi connectivity index (χ3n) is 5.27. The van der Waals surface area contributed by atoms with Crippen molar-refractivity contribution in [3.05, 3.63) is 29.3 Å². The summed E-state index contributed by atoms with van der Waals surface area (Å²) in [5, 5.41) is 4.01. The molecule has 2 heterocycles. The molecule has 0 N–H and O–H groups in total. The second kappa shape index (κ2) is 5.17. The van der Waals surface area contributed by atoms with Crippen molar-refractivity contribution in [3.63, 3.8) is 0 Å². The monoisotopic (exact) mass is 329 g/mol. The number of rotatable bonds is 2. The molecule has 0 bridgehead atoms. The standard InChI is InChI=1S/C18H24BNO4/c1-11-12(14-15(21)16(2,3)24-20-14)9-8-10-13(11)19-22-17(4,5)18(6,7)23-19/h8-10H,1-7H3. The quantitative estimate of drug-likeness (QED) is 0.782. The molecule has 5 nitrogen and oxygen atoms in total. The minimum Gasteiger partial charge on any atom is -0.399 e. The van der Waals surface area contributed by atoms with Crippen molar-refractivity contribution in [2.75, 3.05) is 0 Å². The summed E-state index contributed by atoms with van der Waals surface area (Å²) in [6.07, 6.45) is 0. The Balaban J connectivity index is 1.98. The van der Waals surface area contributed by atoms with Gasteiger partial charge in [0, 0.05) is 5.56 Å². The molecule has 0 aromatic heterocycles. The molecule has 1 aromatic rings. The Bertz CT molecular complexity index is 721. The molecular formula is C18H24BNO4. The van der Waals surface area contributed by atoms with Crippen molar-refractivity contribution in [2.24, 2.45) is 5.16 Å². The van der Waals surface area contributed by atoms with E-state index in [-0.39, 0.29) is 5.78 Å². The Morgan fingerprint density at radius 2 is 1.58 bits per heavy atom. The Hall–Kier alpha value is -1.66. The van der Waals surface area contributed by atoms with Crippen LogP contribution in [0.5, 0.6) is 0 Å². The Kier molecular flexibility index (Phi) is 3.70. The third-order valence-corrected chi connectivity index (χ3v) is 5.27. The maximum absolute atomic E-state index is 12.5. The van der Waals surface area contributed by atoms with E-state index in [1.807, 2.05) is 52.8 Å². The first-order valence-electron chi connectivity index (χ1n) is 8.23. The summed E-state index contributed by atoms with van der Waals surface area (Å²) in [7, 11) is -0.471. The van der Waals surface area contributed by atoms with Crippen molar-refractivity contribution < 1.29 is 18.9 Å². The molecule has 1 fully saturated rings. The highest BCUT2D eigenvalue weighted by Crippen LogP contribution is 2.37. The molecule has 6 heteroatoms. The van der Waals surface area contributed by atoms with E-state index in [0.29, 0.717) is 5.71 Å². The van der Waals surface area contributed by atoms with Gasteiger partial charge in [-0.3, -0.25) is 4.79 Å². The van der Waals surface area contributed by atoms with E-state index < -0.39 is 23.9 Å².